The first kappa shape index (κ1) is 13.9. The van der Waals surface area contributed by atoms with Gasteiger partial charge < -0.3 is 14.6 Å². The van der Waals surface area contributed by atoms with E-state index in [1.165, 1.54) is 7.11 Å². The summed E-state index contributed by atoms with van der Waals surface area (Å²) in [6, 6.07) is -0.571. The lowest BCUT2D eigenvalue weighted by Crippen LogP contribution is -2.46. The Labute approximate surface area is 96.0 Å². The van der Waals surface area contributed by atoms with Gasteiger partial charge in [0.25, 0.3) is 0 Å². The largest absolute Gasteiger partial charge is 0.395 e. The van der Waals surface area contributed by atoms with Crippen LogP contribution in [0.3, 0.4) is 0 Å². The van der Waals surface area contributed by atoms with Crippen LogP contribution in [0.5, 0.6) is 0 Å². The molecule has 0 spiro atoms. The fraction of sp³-hybridized carbons (Fsp3) is 1.00. The molecule has 0 amide bonds. The van der Waals surface area contributed by atoms with Crippen molar-refractivity contribution >= 4 is 10.0 Å². The van der Waals surface area contributed by atoms with E-state index in [0.29, 0.717) is 26.1 Å². The molecule has 0 radical (unpaired) electrons. The van der Waals surface area contributed by atoms with Crippen molar-refractivity contribution in [3.05, 3.63) is 0 Å². The minimum Gasteiger partial charge on any atom is -0.395 e. The Morgan fingerprint density at radius 2 is 2.12 bits per heavy atom. The molecule has 96 valence electrons. The Hall–Kier alpha value is -0.210. The fourth-order valence-corrected chi connectivity index (χ4v) is 3.25. The average Bonchev–Trinajstić information content (AvgIpc) is 2.29. The summed E-state index contributed by atoms with van der Waals surface area (Å²) in [5.74, 6) is 0. The van der Waals surface area contributed by atoms with Gasteiger partial charge in [-0.15, -0.1) is 0 Å². The molecule has 1 saturated heterocycles. The van der Waals surface area contributed by atoms with E-state index in [1.54, 1.807) is 0 Å². The number of hydrogen-bond donors (Lipinski definition) is 2. The van der Waals surface area contributed by atoms with Gasteiger partial charge in [0.05, 0.1) is 24.5 Å². The van der Waals surface area contributed by atoms with Crippen LogP contribution in [-0.4, -0.2) is 58.4 Å². The second-order valence-electron chi connectivity index (χ2n) is 3.81. The second-order valence-corrected chi connectivity index (χ2v) is 5.80. The second kappa shape index (κ2) is 6.51. The molecule has 0 bridgehead atoms. The van der Waals surface area contributed by atoms with E-state index in [1.807, 2.05) is 0 Å². The molecule has 0 aromatic carbocycles. The maximum atomic E-state index is 11.9. The fourth-order valence-electron chi connectivity index (χ4n) is 1.64. The predicted octanol–water partition coefficient (Wildman–Crippen LogP) is -0.908. The summed E-state index contributed by atoms with van der Waals surface area (Å²) in [4.78, 5) is 0. The first-order valence-corrected chi connectivity index (χ1v) is 6.83. The van der Waals surface area contributed by atoms with Crippen molar-refractivity contribution in [3.8, 4) is 0 Å². The standard InChI is InChI=1S/C9H19NO5S/c1-14-7-8(6-11)10-16(12,13)9-2-4-15-5-3-9/h8-11H,2-7H2,1H3. The summed E-state index contributed by atoms with van der Waals surface area (Å²) in [6.07, 6.45) is 1.00. The Morgan fingerprint density at radius 1 is 1.50 bits per heavy atom. The molecule has 0 aromatic rings. The molecule has 1 heterocycles. The van der Waals surface area contributed by atoms with E-state index in [0.717, 1.165) is 0 Å². The highest BCUT2D eigenvalue weighted by atomic mass is 32.2. The lowest BCUT2D eigenvalue weighted by atomic mass is 10.2. The number of rotatable bonds is 6. The number of ether oxygens (including phenoxy) is 2. The van der Waals surface area contributed by atoms with Gasteiger partial charge >= 0.3 is 0 Å². The first-order valence-electron chi connectivity index (χ1n) is 5.29. The van der Waals surface area contributed by atoms with E-state index in [2.05, 4.69) is 4.72 Å². The third-order valence-corrected chi connectivity index (χ3v) is 4.54. The molecule has 16 heavy (non-hydrogen) atoms. The molecule has 7 heteroatoms. The summed E-state index contributed by atoms with van der Waals surface area (Å²) >= 11 is 0. The third-order valence-electron chi connectivity index (χ3n) is 2.53. The third kappa shape index (κ3) is 3.99. The molecule has 1 rings (SSSR count). The van der Waals surface area contributed by atoms with Crippen molar-refractivity contribution in [1.29, 1.82) is 0 Å². The van der Waals surface area contributed by atoms with Crippen molar-refractivity contribution in [2.75, 3.05) is 33.5 Å². The number of nitrogens with one attached hydrogen (secondary N) is 1. The molecule has 1 atom stereocenters. The molecule has 0 saturated carbocycles. The highest BCUT2D eigenvalue weighted by Gasteiger charge is 2.29. The van der Waals surface area contributed by atoms with E-state index < -0.39 is 21.3 Å². The zero-order chi connectivity index (χ0) is 12.0. The van der Waals surface area contributed by atoms with Gasteiger partial charge in [0, 0.05) is 20.3 Å². The van der Waals surface area contributed by atoms with Crippen LogP contribution in [0.15, 0.2) is 0 Å². The minimum absolute atomic E-state index is 0.166. The number of hydrogen-bond acceptors (Lipinski definition) is 5. The van der Waals surface area contributed by atoms with Crippen LogP contribution in [0.2, 0.25) is 0 Å². The van der Waals surface area contributed by atoms with Gasteiger partial charge in [-0.05, 0) is 12.8 Å². The molecular formula is C9H19NO5S. The maximum Gasteiger partial charge on any atom is 0.215 e. The predicted molar refractivity (Wildman–Crippen MR) is 58.6 cm³/mol. The lowest BCUT2D eigenvalue weighted by Gasteiger charge is -2.24. The molecule has 1 unspecified atom stereocenters. The highest BCUT2D eigenvalue weighted by molar-refractivity contribution is 7.90. The van der Waals surface area contributed by atoms with Gasteiger partial charge in [-0.25, -0.2) is 13.1 Å². The van der Waals surface area contributed by atoms with E-state index in [-0.39, 0.29) is 13.2 Å². The molecule has 6 nitrogen and oxygen atoms in total. The summed E-state index contributed by atoms with van der Waals surface area (Å²) in [5, 5.41) is 8.56. The van der Waals surface area contributed by atoms with E-state index >= 15 is 0 Å². The van der Waals surface area contributed by atoms with Crippen LogP contribution in [0.1, 0.15) is 12.8 Å². The Balaban J connectivity index is 2.54. The topological polar surface area (TPSA) is 84.9 Å². The van der Waals surface area contributed by atoms with Crippen LogP contribution >= 0.6 is 0 Å². The molecule has 2 N–H and O–H groups in total. The monoisotopic (exact) mass is 253 g/mol. The average molecular weight is 253 g/mol. The Bertz CT molecular complexity index is 286. The minimum atomic E-state index is -3.39. The van der Waals surface area contributed by atoms with Gasteiger partial charge in [-0.3, -0.25) is 0 Å². The number of sulfonamides is 1. The summed E-state index contributed by atoms with van der Waals surface area (Å²) < 4.78 is 36.2. The van der Waals surface area contributed by atoms with Crippen LogP contribution in [0.25, 0.3) is 0 Å². The maximum absolute atomic E-state index is 11.9. The molecule has 1 aliphatic rings. The van der Waals surface area contributed by atoms with Gasteiger partial charge in [0.2, 0.25) is 10.0 Å². The van der Waals surface area contributed by atoms with Crippen LogP contribution in [0, 0.1) is 0 Å². The van der Waals surface area contributed by atoms with Crippen molar-refractivity contribution < 1.29 is 23.0 Å². The van der Waals surface area contributed by atoms with Gasteiger partial charge in [-0.2, -0.15) is 0 Å². The molecule has 0 aromatic heterocycles. The number of aliphatic hydroxyl groups excluding tert-OH is 1. The van der Waals surface area contributed by atoms with Crippen molar-refractivity contribution in [2.45, 2.75) is 24.1 Å². The number of methoxy groups -OCH3 is 1. The normalized spacial score (nSPS) is 20.9. The van der Waals surface area contributed by atoms with E-state index in [4.69, 9.17) is 14.6 Å². The van der Waals surface area contributed by atoms with Crippen molar-refractivity contribution in [2.24, 2.45) is 0 Å². The summed E-state index contributed by atoms with van der Waals surface area (Å²) in [7, 11) is -1.92. The molecular weight excluding hydrogens is 234 g/mol. The Morgan fingerprint density at radius 3 is 2.62 bits per heavy atom. The molecule has 1 aliphatic heterocycles. The highest BCUT2D eigenvalue weighted by Crippen LogP contribution is 2.15. The van der Waals surface area contributed by atoms with Crippen LogP contribution in [-0.2, 0) is 19.5 Å². The summed E-state index contributed by atoms with van der Waals surface area (Å²) in [6.45, 7) is 0.842. The first-order chi connectivity index (χ1) is 7.60. The van der Waals surface area contributed by atoms with Gasteiger partial charge in [0.1, 0.15) is 0 Å². The van der Waals surface area contributed by atoms with Crippen LogP contribution < -0.4 is 4.72 Å². The molecule has 1 fully saturated rings. The van der Waals surface area contributed by atoms with E-state index in [9.17, 15) is 8.42 Å². The Kier molecular flexibility index (Phi) is 5.63. The van der Waals surface area contributed by atoms with Crippen molar-refractivity contribution in [3.63, 3.8) is 0 Å². The quantitative estimate of drug-likeness (QED) is 0.640. The SMILES string of the molecule is COCC(CO)NS(=O)(=O)C1CCOCC1. The smallest absolute Gasteiger partial charge is 0.215 e. The van der Waals surface area contributed by atoms with Gasteiger partial charge in [-0.1, -0.05) is 0 Å². The summed E-state index contributed by atoms with van der Waals surface area (Å²) in [5.41, 5.74) is 0. The van der Waals surface area contributed by atoms with Crippen molar-refractivity contribution in [1.82, 2.24) is 4.72 Å². The van der Waals surface area contributed by atoms with Crippen LogP contribution in [0.4, 0.5) is 0 Å². The number of aliphatic hydroxyl groups is 1. The zero-order valence-corrected chi connectivity index (χ0v) is 10.2. The zero-order valence-electron chi connectivity index (χ0n) is 9.39. The molecule has 0 aliphatic carbocycles. The van der Waals surface area contributed by atoms with Gasteiger partial charge in [0.15, 0.2) is 0 Å². The lowest BCUT2D eigenvalue weighted by molar-refractivity contribution is 0.0975.